The van der Waals surface area contributed by atoms with Crippen LogP contribution in [0.2, 0.25) is 0 Å². The number of nitrogens with two attached hydrogens (primary N) is 1. The van der Waals surface area contributed by atoms with E-state index in [2.05, 4.69) is 20.5 Å². The first-order chi connectivity index (χ1) is 19.8. The van der Waals surface area contributed by atoms with Crippen LogP contribution in [0.5, 0.6) is 0 Å². The second kappa shape index (κ2) is 12.8. The number of hydrogen-bond acceptors (Lipinski definition) is 15. The van der Waals surface area contributed by atoms with E-state index in [1.165, 1.54) is 45.1 Å². The number of esters is 2. The van der Waals surface area contributed by atoms with Gasteiger partial charge in [0.2, 0.25) is 6.79 Å². The number of β-lactam (4-membered cyclic amide) rings is 1. The summed E-state index contributed by atoms with van der Waals surface area (Å²) in [5.74, 6) is -3.63. The first-order valence-electron chi connectivity index (χ1n) is 12.2. The maximum Gasteiger partial charge on any atom is 0.357 e. The van der Waals surface area contributed by atoms with Crippen molar-refractivity contribution < 1.29 is 38.6 Å². The number of ether oxygens (including phenoxy) is 2. The highest BCUT2D eigenvalue weighted by molar-refractivity contribution is 8.01. The molecule has 4 heterocycles. The van der Waals surface area contributed by atoms with E-state index in [1.807, 2.05) is 6.92 Å². The molecule has 0 spiro atoms. The van der Waals surface area contributed by atoms with Crippen molar-refractivity contribution in [2.75, 3.05) is 24.0 Å². The van der Waals surface area contributed by atoms with E-state index in [0.717, 1.165) is 16.3 Å². The number of aromatic nitrogens is 3. The van der Waals surface area contributed by atoms with Gasteiger partial charge in [0.1, 0.15) is 22.1 Å². The topological polar surface area (TPSA) is 204 Å². The minimum atomic E-state index is -1.38. The molecule has 2 aromatic rings. The van der Waals surface area contributed by atoms with Crippen molar-refractivity contribution in [3.05, 3.63) is 33.4 Å². The Hall–Kier alpha value is -3.48. The third-order valence-electron chi connectivity index (χ3n) is 5.71. The molecule has 2 aromatic heterocycles. The summed E-state index contributed by atoms with van der Waals surface area (Å²) in [6.07, 6.45) is 0.685. The Morgan fingerprint density at radius 3 is 2.60 bits per heavy atom. The van der Waals surface area contributed by atoms with Gasteiger partial charge in [-0.05, 0) is 33.3 Å². The summed E-state index contributed by atoms with van der Waals surface area (Å²) >= 11 is 5.07. The van der Waals surface area contributed by atoms with Crippen molar-refractivity contribution in [1.82, 2.24) is 25.4 Å². The molecule has 0 aromatic carbocycles. The third-order valence-corrected chi connectivity index (χ3v) is 9.78. The van der Waals surface area contributed by atoms with Crippen LogP contribution >= 0.6 is 46.2 Å². The average molecular weight is 655 g/mol. The van der Waals surface area contributed by atoms with Gasteiger partial charge in [-0.2, -0.15) is 0 Å². The molecule has 2 atom stereocenters. The zero-order valence-corrected chi connectivity index (χ0v) is 26.0. The first kappa shape index (κ1) is 31.5. The average Bonchev–Trinajstić information content (AvgIpc) is 3.54. The van der Waals surface area contributed by atoms with E-state index in [0.29, 0.717) is 27.5 Å². The molecule has 1 fully saturated rings. The summed E-state index contributed by atoms with van der Waals surface area (Å²) in [4.78, 5) is 68.3. The Morgan fingerprint density at radius 2 is 2.00 bits per heavy atom. The smallest absolute Gasteiger partial charge is 0.357 e. The van der Waals surface area contributed by atoms with Gasteiger partial charge in [0.25, 0.3) is 11.8 Å². The van der Waals surface area contributed by atoms with Crippen molar-refractivity contribution in [1.29, 1.82) is 0 Å². The first-order valence-corrected chi connectivity index (χ1v) is 15.9. The number of carboxylic acids is 1. The molecule has 2 aliphatic rings. The summed E-state index contributed by atoms with van der Waals surface area (Å²) < 4.78 is 11.0. The van der Waals surface area contributed by atoms with Gasteiger partial charge in [-0.15, -0.1) is 33.3 Å². The van der Waals surface area contributed by atoms with E-state index in [1.54, 1.807) is 20.8 Å². The van der Waals surface area contributed by atoms with Crippen LogP contribution in [0.1, 0.15) is 31.5 Å². The number of carbonyl (C=O) groups is 5. The fourth-order valence-electron chi connectivity index (χ4n) is 3.70. The number of thioether (sulfide) groups is 2. The fraction of sp³-hybridized carbons (Fsp3) is 0.417. The second-order valence-corrected chi connectivity index (χ2v) is 14.3. The number of fused-ring (bicyclic) bond motifs is 1. The largest absolute Gasteiger partial charge is 0.478 e. The number of rotatable bonds is 10. The van der Waals surface area contributed by atoms with Gasteiger partial charge in [0.15, 0.2) is 9.47 Å². The van der Waals surface area contributed by atoms with Gasteiger partial charge in [0.05, 0.1) is 16.7 Å². The van der Waals surface area contributed by atoms with Crippen LogP contribution in [0.15, 0.2) is 27.1 Å². The molecule has 1 unspecified atom stereocenters. The number of nitrogens with zero attached hydrogens (tertiary/aromatic N) is 4. The lowest BCUT2D eigenvalue weighted by molar-refractivity contribution is -0.173. The summed E-state index contributed by atoms with van der Waals surface area (Å²) in [6, 6.07) is -1.06. The van der Waals surface area contributed by atoms with E-state index in [9.17, 15) is 29.1 Å². The second-order valence-electron chi connectivity index (χ2n) is 9.89. The molecule has 0 radical (unpaired) electrons. The molecule has 0 saturated carbocycles. The molecule has 1 saturated heterocycles. The minimum Gasteiger partial charge on any atom is -0.478 e. The van der Waals surface area contributed by atoms with Crippen LogP contribution in [0.25, 0.3) is 5.57 Å². The lowest BCUT2D eigenvalue weighted by Crippen LogP contribution is -2.70. The molecule has 0 bridgehead atoms. The number of carbonyl (C=O) groups excluding carboxylic acids is 4. The van der Waals surface area contributed by atoms with Crippen LogP contribution in [-0.2, 0) is 33.4 Å². The van der Waals surface area contributed by atoms with Crippen molar-refractivity contribution in [2.24, 2.45) is 5.41 Å². The number of thiazole rings is 1. The van der Waals surface area contributed by atoms with Crippen molar-refractivity contribution >= 4 is 86.6 Å². The number of anilines is 1. The number of hydrogen-bond donors (Lipinski definition) is 3. The molecular formula is C24H26N6O8S4. The van der Waals surface area contributed by atoms with E-state index in [-0.39, 0.29) is 22.1 Å². The van der Waals surface area contributed by atoms with Crippen molar-refractivity contribution in [2.45, 2.75) is 43.5 Å². The zero-order chi connectivity index (χ0) is 30.8. The molecular weight excluding hydrogens is 629 g/mol. The molecule has 4 N–H and O–H groups in total. The zero-order valence-electron chi connectivity index (χ0n) is 22.7. The van der Waals surface area contributed by atoms with Gasteiger partial charge < -0.3 is 25.6 Å². The van der Waals surface area contributed by atoms with Crippen LogP contribution in [0.4, 0.5) is 5.13 Å². The van der Waals surface area contributed by atoms with Crippen LogP contribution in [-0.4, -0.2) is 84.6 Å². The standard InChI is InChI=1S/C24H26N6O8S4/c1-10-28-29-23(42-10)41-7-11-6-39-19-15(27-17(33)12(5-14(31)32)13-8-40-22(25)26-13)18(34)30(19)16(11)20(35)37-9-38-21(36)24(2,3)4/h5,8,15,19H,6-7,9H2,1-4H3,(H2,25,26)(H,27,33)(H,31,32)/t15?,19-/m0/s1. The van der Waals surface area contributed by atoms with Crippen molar-refractivity contribution in [3.8, 4) is 0 Å². The number of carboxylic acid groups (broad SMARTS) is 1. The van der Waals surface area contributed by atoms with Gasteiger partial charge in [0, 0.05) is 23.0 Å². The van der Waals surface area contributed by atoms with Crippen LogP contribution in [0, 0.1) is 12.3 Å². The minimum absolute atomic E-state index is 0.0108. The Kier molecular flexibility index (Phi) is 9.59. The Labute approximate surface area is 256 Å². The summed E-state index contributed by atoms with van der Waals surface area (Å²) in [6.45, 7) is 6.13. The molecule has 18 heteroatoms. The Bertz CT molecular complexity index is 1490. The number of nitrogen functional groups attached to an aromatic ring is 1. The molecule has 224 valence electrons. The number of aliphatic carboxylic acids is 1. The Balaban J connectivity index is 1.53. The van der Waals surface area contributed by atoms with Crippen LogP contribution in [0.3, 0.4) is 0 Å². The summed E-state index contributed by atoms with van der Waals surface area (Å²) in [7, 11) is 0. The molecule has 2 amide bonds. The highest BCUT2D eigenvalue weighted by Gasteiger charge is 2.54. The highest BCUT2D eigenvalue weighted by Crippen LogP contribution is 2.42. The molecule has 4 rings (SSSR count). The SMILES string of the molecule is Cc1nnc(SCC2=C(C(=O)OCOC(=O)C(C)(C)C)N3C(=O)C(NC(=O)C(=CC(=O)O)c4csc(N)n4)[C@@H]3SC2)s1. The third kappa shape index (κ3) is 7.11. The Morgan fingerprint density at radius 1 is 1.26 bits per heavy atom. The lowest BCUT2D eigenvalue weighted by Gasteiger charge is -2.49. The highest BCUT2D eigenvalue weighted by atomic mass is 32.2. The molecule has 14 nitrogen and oxygen atoms in total. The maximum atomic E-state index is 13.3. The van der Waals surface area contributed by atoms with Gasteiger partial charge in [-0.1, -0.05) is 23.1 Å². The van der Waals surface area contributed by atoms with Crippen LogP contribution < -0.4 is 11.1 Å². The van der Waals surface area contributed by atoms with Crippen molar-refractivity contribution in [3.63, 3.8) is 0 Å². The summed E-state index contributed by atoms with van der Waals surface area (Å²) in [5.41, 5.74) is 5.18. The van der Waals surface area contributed by atoms with Gasteiger partial charge in [-0.3, -0.25) is 19.3 Å². The number of amides is 2. The van der Waals surface area contributed by atoms with E-state index in [4.69, 9.17) is 15.2 Å². The molecule has 42 heavy (non-hydrogen) atoms. The van der Waals surface area contributed by atoms with E-state index < -0.39 is 53.3 Å². The number of aryl methyl sites for hydroxylation is 1. The van der Waals surface area contributed by atoms with E-state index >= 15 is 0 Å². The predicted molar refractivity (Wildman–Crippen MR) is 156 cm³/mol. The lowest BCUT2D eigenvalue weighted by atomic mass is 9.98. The van der Waals surface area contributed by atoms with Gasteiger partial charge >= 0.3 is 17.9 Å². The maximum absolute atomic E-state index is 13.3. The predicted octanol–water partition coefficient (Wildman–Crippen LogP) is 1.89. The fourth-order valence-corrected chi connectivity index (χ4v) is 7.56. The molecule has 0 aliphatic carbocycles. The normalized spacial score (nSPS) is 18.7. The van der Waals surface area contributed by atoms with Gasteiger partial charge in [-0.25, -0.2) is 14.6 Å². The quantitative estimate of drug-likeness (QED) is 0.110. The number of nitrogens with one attached hydrogen (secondary N) is 1. The summed E-state index contributed by atoms with van der Waals surface area (Å²) in [5, 5.41) is 21.6. The molecule has 2 aliphatic heterocycles. The monoisotopic (exact) mass is 654 g/mol.